The van der Waals surface area contributed by atoms with E-state index in [4.69, 9.17) is 0 Å². The number of fused-ring (bicyclic) bond motifs is 1. The molecule has 2 heterocycles. The number of aromatic nitrogens is 1. The van der Waals surface area contributed by atoms with Gasteiger partial charge in [-0.3, -0.25) is 4.90 Å². The van der Waals surface area contributed by atoms with Crippen LogP contribution >= 0.6 is 0 Å². The molecule has 1 aliphatic heterocycles. The first-order valence-electron chi connectivity index (χ1n) is 12.4. The Morgan fingerprint density at radius 2 is 1.69 bits per heavy atom. The van der Waals surface area contributed by atoms with Crippen molar-refractivity contribution in [1.82, 2.24) is 9.88 Å². The molecular weight excluding hydrogens is 466 g/mol. The van der Waals surface area contributed by atoms with Crippen molar-refractivity contribution in [1.29, 1.82) is 5.26 Å². The summed E-state index contributed by atoms with van der Waals surface area (Å²) < 4.78 is 29.1. The highest BCUT2D eigenvalue weighted by atomic mass is 32.2. The van der Waals surface area contributed by atoms with Crippen molar-refractivity contribution in [3.63, 3.8) is 0 Å². The van der Waals surface area contributed by atoms with Crippen LogP contribution in [0.4, 0.5) is 0 Å². The summed E-state index contributed by atoms with van der Waals surface area (Å²) in [4.78, 5) is 5.85. The zero-order chi connectivity index (χ0) is 25.4. The summed E-state index contributed by atoms with van der Waals surface area (Å²) in [6, 6.07) is 21.0. The molecule has 4 aromatic rings. The van der Waals surface area contributed by atoms with Gasteiger partial charge in [0.1, 0.15) is 5.37 Å². The highest BCUT2D eigenvalue weighted by Gasteiger charge is 2.41. The number of hydrogen-bond acceptors (Lipinski definition) is 4. The first kappa shape index (κ1) is 24.3. The Balaban J connectivity index is 1.74. The number of piperidine rings is 1. The van der Waals surface area contributed by atoms with Crippen LogP contribution in [0.15, 0.2) is 71.8 Å². The van der Waals surface area contributed by atoms with Gasteiger partial charge in [0.2, 0.25) is 0 Å². The molecular formula is C30H31N3O2S. The van der Waals surface area contributed by atoms with Gasteiger partial charge in [-0.15, -0.1) is 0 Å². The van der Waals surface area contributed by atoms with Crippen LogP contribution in [-0.2, 0) is 9.84 Å². The molecule has 0 bridgehead atoms. The molecule has 5 rings (SSSR count). The number of nitrogens with zero attached hydrogens (tertiary/aromatic N) is 2. The summed E-state index contributed by atoms with van der Waals surface area (Å²) in [5.41, 5.74) is 6.58. The van der Waals surface area contributed by atoms with Crippen LogP contribution in [0.2, 0.25) is 0 Å². The molecule has 1 aliphatic rings. The molecule has 1 fully saturated rings. The van der Waals surface area contributed by atoms with E-state index in [0.29, 0.717) is 17.0 Å². The fourth-order valence-corrected chi connectivity index (χ4v) is 7.67. The SMILES string of the molecule is Cc1ccc(S(=O)(=O)C(c2c(C)cc(C)c3[nH]ccc23)N2CCCCC2c2ccc(C#N)cc2)cc1. The van der Waals surface area contributed by atoms with E-state index >= 15 is 0 Å². The van der Waals surface area contributed by atoms with Gasteiger partial charge in [0.25, 0.3) is 0 Å². The van der Waals surface area contributed by atoms with Crippen LogP contribution in [0, 0.1) is 32.1 Å². The number of aromatic amines is 1. The Morgan fingerprint density at radius 3 is 2.39 bits per heavy atom. The van der Waals surface area contributed by atoms with Gasteiger partial charge in [0.15, 0.2) is 9.84 Å². The Hall–Kier alpha value is -3.40. The van der Waals surface area contributed by atoms with E-state index in [-0.39, 0.29) is 6.04 Å². The van der Waals surface area contributed by atoms with Crippen molar-refractivity contribution in [2.24, 2.45) is 0 Å². The van der Waals surface area contributed by atoms with Gasteiger partial charge >= 0.3 is 0 Å². The van der Waals surface area contributed by atoms with E-state index in [0.717, 1.165) is 58.0 Å². The molecule has 0 aliphatic carbocycles. The van der Waals surface area contributed by atoms with Crippen molar-refractivity contribution in [2.75, 3.05) is 6.54 Å². The van der Waals surface area contributed by atoms with E-state index in [2.05, 4.69) is 28.9 Å². The minimum absolute atomic E-state index is 0.0635. The first-order chi connectivity index (χ1) is 17.3. The zero-order valence-electron chi connectivity index (χ0n) is 21.0. The number of benzene rings is 3. The van der Waals surface area contributed by atoms with Crippen LogP contribution in [0.25, 0.3) is 10.9 Å². The van der Waals surface area contributed by atoms with Gasteiger partial charge < -0.3 is 4.98 Å². The summed E-state index contributed by atoms with van der Waals surface area (Å²) >= 11 is 0. The molecule has 0 saturated carbocycles. The second-order valence-electron chi connectivity index (χ2n) is 9.88. The van der Waals surface area contributed by atoms with Gasteiger partial charge in [-0.25, -0.2) is 8.42 Å². The standard InChI is InChI=1S/C30H31N3O2S/c1-20-7-13-25(14-8-20)36(34,35)30(28-21(2)18-22(3)29-26(28)15-16-32-29)33-17-5-4-6-27(33)24-11-9-23(19-31)10-12-24/h7-16,18,27,30,32H,4-6,17H2,1-3H3. The van der Waals surface area contributed by atoms with Crippen molar-refractivity contribution in [3.05, 3.63) is 100 Å². The maximum atomic E-state index is 14.5. The lowest BCUT2D eigenvalue weighted by Gasteiger charge is -2.42. The van der Waals surface area contributed by atoms with E-state index in [9.17, 15) is 13.7 Å². The maximum absolute atomic E-state index is 14.5. The number of aryl methyl sites for hydroxylation is 3. The molecule has 3 aromatic carbocycles. The smallest absolute Gasteiger partial charge is 0.198 e. The topological polar surface area (TPSA) is 77.0 Å². The summed E-state index contributed by atoms with van der Waals surface area (Å²) in [6.07, 6.45) is 4.73. The monoisotopic (exact) mass is 497 g/mol. The summed E-state index contributed by atoms with van der Waals surface area (Å²) in [5, 5.41) is 9.39. The third-order valence-electron chi connectivity index (χ3n) is 7.45. The predicted molar refractivity (Wildman–Crippen MR) is 143 cm³/mol. The largest absolute Gasteiger partial charge is 0.361 e. The van der Waals surface area contributed by atoms with Gasteiger partial charge in [-0.1, -0.05) is 42.3 Å². The Kier molecular flexibility index (Phi) is 6.46. The average Bonchev–Trinajstić information content (AvgIpc) is 3.37. The minimum atomic E-state index is -3.77. The lowest BCUT2D eigenvalue weighted by Crippen LogP contribution is -2.40. The average molecular weight is 498 g/mol. The maximum Gasteiger partial charge on any atom is 0.198 e. The van der Waals surface area contributed by atoms with Crippen molar-refractivity contribution < 1.29 is 8.42 Å². The first-order valence-corrected chi connectivity index (χ1v) is 14.0. The number of nitrogens with one attached hydrogen (secondary N) is 1. The summed E-state index contributed by atoms with van der Waals surface area (Å²) in [7, 11) is -3.77. The molecule has 1 saturated heterocycles. The highest BCUT2D eigenvalue weighted by Crippen LogP contribution is 2.45. The van der Waals surface area contributed by atoms with Gasteiger partial charge in [-0.2, -0.15) is 5.26 Å². The third-order valence-corrected chi connectivity index (χ3v) is 9.47. The fourth-order valence-electron chi connectivity index (χ4n) is 5.66. The Labute approximate surface area is 213 Å². The lowest BCUT2D eigenvalue weighted by molar-refractivity contribution is 0.130. The number of rotatable bonds is 5. The van der Waals surface area contributed by atoms with Gasteiger partial charge in [0.05, 0.1) is 16.5 Å². The molecule has 1 N–H and O–H groups in total. The lowest BCUT2D eigenvalue weighted by atomic mass is 9.92. The van der Waals surface area contributed by atoms with Crippen LogP contribution < -0.4 is 0 Å². The number of nitriles is 1. The number of H-pyrrole nitrogens is 1. The van der Waals surface area contributed by atoms with E-state index in [1.807, 2.05) is 62.5 Å². The molecule has 1 aromatic heterocycles. The van der Waals surface area contributed by atoms with E-state index in [1.165, 1.54) is 0 Å². The molecule has 0 radical (unpaired) electrons. The molecule has 5 nitrogen and oxygen atoms in total. The number of sulfone groups is 1. The van der Waals surface area contributed by atoms with E-state index < -0.39 is 15.2 Å². The van der Waals surface area contributed by atoms with Crippen LogP contribution in [0.1, 0.15) is 64.1 Å². The van der Waals surface area contributed by atoms with Crippen molar-refractivity contribution in [2.45, 2.75) is 56.3 Å². The number of hydrogen-bond donors (Lipinski definition) is 1. The second-order valence-corrected chi connectivity index (χ2v) is 11.9. The van der Waals surface area contributed by atoms with Crippen molar-refractivity contribution >= 4 is 20.7 Å². The quantitative estimate of drug-likeness (QED) is 0.334. The third kappa shape index (κ3) is 4.23. The summed E-state index contributed by atoms with van der Waals surface area (Å²) in [5.74, 6) is 0. The molecule has 0 amide bonds. The molecule has 0 spiro atoms. The molecule has 6 heteroatoms. The van der Waals surface area contributed by atoms with Gasteiger partial charge in [0, 0.05) is 29.7 Å². The molecule has 184 valence electrons. The van der Waals surface area contributed by atoms with Gasteiger partial charge in [-0.05, 0) is 86.2 Å². The second kappa shape index (κ2) is 9.57. The molecule has 2 unspecified atom stereocenters. The van der Waals surface area contributed by atoms with E-state index in [1.54, 1.807) is 12.1 Å². The van der Waals surface area contributed by atoms with Crippen LogP contribution in [-0.4, -0.2) is 24.8 Å². The highest BCUT2D eigenvalue weighted by molar-refractivity contribution is 7.91. The zero-order valence-corrected chi connectivity index (χ0v) is 21.8. The van der Waals surface area contributed by atoms with Crippen molar-refractivity contribution in [3.8, 4) is 6.07 Å². The Bertz CT molecular complexity index is 1550. The summed E-state index contributed by atoms with van der Waals surface area (Å²) in [6.45, 7) is 6.72. The minimum Gasteiger partial charge on any atom is -0.361 e. The van der Waals surface area contributed by atoms with Crippen LogP contribution in [0.5, 0.6) is 0 Å². The number of likely N-dealkylation sites (tertiary alicyclic amines) is 1. The predicted octanol–water partition coefficient (Wildman–Crippen LogP) is 6.66. The Morgan fingerprint density at radius 1 is 0.972 bits per heavy atom. The van der Waals surface area contributed by atoms with Crippen LogP contribution in [0.3, 0.4) is 0 Å². The fraction of sp³-hybridized carbons (Fsp3) is 0.300. The molecule has 36 heavy (non-hydrogen) atoms. The molecule has 2 atom stereocenters. The normalized spacial score (nSPS) is 17.7.